The van der Waals surface area contributed by atoms with Crippen LogP contribution in [-0.2, 0) is 33.8 Å². The highest BCUT2D eigenvalue weighted by Crippen LogP contribution is 2.29. The Bertz CT molecular complexity index is 1320. The normalized spacial score (nSPS) is 13.0. The number of carbonyl (C=O) groups excluding carboxylic acids is 1. The fourth-order valence-electron chi connectivity index (χ4n) is 3.09. The maximum absolute atomic E-state index is 14.3. The van der Waals surface area contributed by atoms with Crippen LogP contribution in [0.5, 0.6) is 0 Å². The topological polar surface area (TPSA) is 107 Å². The molecule has 1 aromatic heterocycles. The number of hydrogen-bond donors (Lipinski definition) is 2. The van der Waals surface area contributed by atoms with Gasteiger partial charge in [0.2, 0.25) is 5.91 Å². The van der Waals surface area contributed by atoms with E-state index >= 15 is 0 Å². The van der Waals surface area contributed by atoms with Crippen molar-refractivity contribution in [1.29, 1.82) is 0 Å². The first-order valence-electron chi connectivity index (χ1n) is 9.67. The van der Waals surface area contributed by atoms with Crippen molar-refractivity contribution in [3.63, 3.8) is 0 Å². The molecule has 13 heteroatoms. The number of nitrogens with zero attached hydrogens (tertiary/aromatic N) is 2. The van der Waals surface area contributed by atoms with Gasteiger partial charge in [0.15, 0.2) is 15.5 Å². The van der Waals surface area contributed by atoms with Gasteiger partial charge in [0, 0.05) is 11.8 Å². The predicted molar refractivity (Wildman–Crippen MR) is 112 cm³/mol. The summed E-state index contributed by atoms with van der Waals surface area (Å²) >= 11 is 0. The van der Waals surface area contributed by atoms with Gasteiger partial charge in [-0.2, -0.15) is 18.3 Å². The van der Waals surface area contributed by atoms with Gasteiger partial charge in [-0.1, -0.05) is 18.2 Å². The second-order valence-corrected chi connectivity index (χ2v) is 9.64. The highest BCUT2D eigenvalue weighted by Gasteiger charge is 2.35. The number of benzene rings is 2. The summed E-state index contributed by atoms with van der Waals surface area (Å²) in [4.78, 5) is 12.3. The van der Waals surface area contributed by atoms with Gasteiger partial charge in [0.05, 0.1) is 24.3 Å². The third-order valence-electron chi connectivity index (χ3n) is 4.79. The van der Waals surface area contributed by atoms with Crippen molar-refractivity contribution >= 4 is 15.7 Å². The van der Waals surface area contributed by atoms with Crippen molar-refractivity contribution in [2.75, 3.05) is 6.26 Å². The predicted octanol–water partition coefficient (Wildman–Crippen LogP) is 3.03. The van der Waals surface area contributed by atoms with Crippen LogP contribution in [0.3, 0.4) is 0 Å². The van der Waals surface area contributed by atoms with E-state index in [4.69, 9.17) is 5.73 Å². The second kappa shape index (κ2) is 9.50. The maximum atomic E-state index is 14.3. The van der Waals surface area contributed by atoms with E-state index < -0.39 is 44.6 Å². The molecule has 182 valence electrons. The van der Waals surface area contributed by atoms with E-state index in [1.807, 2.05) is 0 Å². The number of hydrogen-bond acceptors (Lipinski definition) is 5. The summed E-state index contributed by atoms with van der Waals surface area (Å²) in [5.41, 5.74) is 4.19. The number of amides is 1. The SMILES string of the molecule is CS(=O)(=O)C(N)c1ccc(CC(=O)NCc2cc(C(F)(F)F)nn2-c2cccc(F)c2)cc1F. The third-order valence-corrected chi connectivity index (χ3v) is 5.97. The summed E-state index contributed by atoms with van der Waals surface area (Å²) in [6, 6.07) is 8.92. The van der Waals surface area contributed by atoms with Gasteiger partial charge < -0.3 is 11.1 Å². The zero-order chi connectivity index (χ0) is 25.3. The van der Waals surface area contributed by atoms with Gasteiger partial charge in [-0.3, -0.25) is 4.79 Å². The molecule has 3 rings (SSSR count). The average Bonchev–Trinajstić information content (AvgIpc) is 3.16. The lowest BCUT2D eigenvalue weighted by Gasteiger charge is -2.12. The van der Waals surface area contributed by atoms with Crippen molar-refractivity contribution in [2.45, 2.75) is 24.5 Å². The number of sulfone groups is 1. The minimum absolute atomic E-state index is 0.0274. The summed E-state index contributed by atoms with van der Waals surface area (Å²) in [5.74, 6) is -2.25. The second-order valence-electron chi connectivity index (χ2n) is 7.47. The summed E-state index contributed by atoms with van der Waals surface area (Å²) < 4.78 is 91.2. The first-order valence-corrected chi connectivity index (χ1v) is 11.6. The minimum Gasteiger partial charge on any atom is -0.350 e. The number of aromatic nitrogens is 2. The van der Waals surface area contributed by atoms with Crippen LogP contribution in [0, 0.1) is 11.6 Å². The van der Waals surface area contributed by atoms with Crippen molar-refractivity contribution in [1.82, 2.24) is 15.1 Å². The van der Waals surface area contributed by atoms with Gasteiger partial charge in [0.1, 0.15) is 17.0 Å². The molecule has 0 saturated carbocycles. The molecule has 0 radical (unpaired) electrons. The number of alkyl halides is 3. The largest absolute Gasteiger partial charge is 0.435 e. The molecule has 1 unspecified atom stereocenters. The molecule has 3 aromatic rings. The minimum atomic E-state index is -4.76. The van der Waals surface area contributed by atoms with E-state index in [2.05, 4.69) is 10.4 Å². The first-order chi connectivity index (χ1) is 15.8. The molecule has 0 spiro atoms. The zero-order valence-corrected chi connectivity index (χ0v) is 18.4. The Morgan fingerprint density at radius 3 is 2.44 bits per heavy atom. The molecule has 1 heterocycles. The molecule has 7 nitrogen and oxygen atoms in total. The summed E-state index contributed by atoms with van der Waals surface area (Å²) in [6.45, 7) is -0.377. The fourth-order valence-corrected chi connectivity index (χ4v) is 3.75. The molecular weight excluding hydrogens is 483 g/mol. The Morgan fingerprint density at radius 1 is 1.15 bits per heavy atom. The molecule has 3 N–H and O–H groups in total. The Morgan fingerprint density at radius 2 is 1.85 bits per heavy atom. The van der Waals surface area contributed by atoms with E-state index in [1.54, 1.807) is 0 Å². The van der Waals surface area contributed by atoms with Crippen LogP contribution < -0.4 is 11.1 Å². The molecule has 0 fully saturated rings. The molecule has 1 amide bonds. The number of nitrogens with one attached hydrogen (secondary N) is 1. The van der Waals surface area contributed by atoms with E-state index in [1.165, 1.54) is 18.2 Å². The lowest BCUT2D eigenvalue weighted by atomic mass is 10.1. The third kappa shape index (κ3) is 5.97. The van der Waals surface area contributed by atoms with Crippen LogP contribution in [0.4, 0.5) is 22.0 Å². The number of carbonyl (C=O) groups is 1. The number of halogens is 5. The fraction of sp³-hybridized carbons (Fsp3) is 0.238. The lowest BCUT2D eigenvalue weighted by molar-refractivity contribution is -0.141. The summed E-state index contributed by atoms with van der Waals surface area (Å²) in [7, 11) is -3.75. The lowest BCUT2D eigenvalue weighted by Crippen LogP contribution is -2.26. The van der Waals surface area contributed by atoms with E-state index in [-0.39, 0.29) is 35.5 Å². The van der Waals surface area contributed by atoms with Crippen molar-refractivity contribution < 1.29 is 35.2 Å². The summed E-state index contributed by atoms with van der Waals surface area (Å²) in [6.07, 6.45) is -4.24. The van der Waals surface area contributed by atoms with Gasteiger partial charge in [0.25, 0.3) is 0 Å². The van der Waals surface area contributed by atoms with E-state index in [0.29, 0.717) is 0 Å². The molecule has 34 heavy (non-hydrogen) atoms. The number of nitrogens with two attached hydrogens (primary N) is 1. The monoisotopic (exact) mass is 502 g/mol. The summed E-state index contributed by atoms with van der Waals surface area (Å²) in [5, 5.41) is 4.32. The maximum Gasteiger partial charge on any atom is 0.435 e. The van der Waals surface area contributed by atoms with E-state index in [9.17, 15) is 35.2 Å². The zero-order valence-electron chi connectivity index (χ0n) is 17.6. The number of rotatable bonds is 7. The van der Waals surface area contributed by atoms with Crippen molar-refractivity contribution in [3.8, 4) is 5.69 Å². The molecule has 0 aliphatic carbocycles. The molecule has 0 bridgehead atoms. The van der Waals surface area contributed by atoms with Gasteiger partial charge in [-0.05, 0) is 35.9 Å². The molecule has 2 aromatic carbocycles. The quantitative estimate of drug-likeness (QED) is 0.483. The molecule has 0 aliphatic heterocycles. The van der Waals surface area contributed by atoms with Gasteiger partial charge in [-0.15, -0.1) is 0 Å². The van der Waals surface area contributed by atoms with Crippen molar-refractivity contribution in [3.05, 3.63) is 82.7 Å². The van der Waals surface area contributed by atoms with E-state index in [0.717, 1.165) is 41.3 Å². The van der Waals surface area contributed by atoms with Gasteiger partial charge in [-0.25, -0.2) is 21.9 Å². The standard InChI is InChI=1S/C21H19F5N4O3S/c1-34(32,33)20(27)16-6-5-12(7-17(16)23)8-19(31)28-11-15-10-18(21(24,25)26)29-30(15)14-4-2-3-13(22)9-14/h2-7,9-10,20H,8,11,27H2,1H3,(H,28,31). The smallest absolute Gasteiger partial charge is 0.350 e. The highest BCUT2D eigenvalue weighted by molar-refractivity contribution is 7.90. The van der Waals surface area contributed by atoms with Crippen molar-refractivity contribution in [2.24, 2.45) is 5.73 Å². The highest BCUT2D eigenvalue weighted by atomic mass is 32.2. The van der Waals surface area contributed by atoms with Crippen LogP contribution in [0.1, 0.15) is 27.9 Å². The molecular formula is C21H19F5N4O3S. The Hall–Kier alpha value is -3.32. The average molecular weight is 502 g/mol. The van der Waals surface area contributed by atoms with Crippen LogP contribution >= 0.6 is 0 Å². The molecule has 0 aliphatic rings. The van der Waals surface area contributed by atoms with Gasteiger partial charge >= 0.3 is 6.18 Å². The first kappa shape index (κ1) is 25.3. The Labute approximate surface area is 191 Å². The Kier molecular flexibility index (Phi) is 7.07. The van der Waals surface area contributed by atoms with Crippen LogP contribution in [0.2, 0.25) is 0 Å². The van der Waals surface area contributed by atoms with Crippen LogP contribution in [-0.4, -0.2) is 30.4 Å². The Balaban J connectivity index is 1.76. The molecule has 1 atom stereocenters. The molecule has 0 saturated heterocycles. The van der Waals surface area contributed by atoms with Crippen LogP contribution in [0.25, 0.3) is 5.69 Å². The van der Waals surface area contributed by atoms with Crippen LogP contribution in [0.15, 0.2) is 48.5 Å².